The van der Waals surface area contributed by atoms with Gasteiger partial charge in [0.05, 0.1) is 21.4 Å². The highest BCUT2D eigenvalue weighted by molar-refractivity contribution is 7.84. The summed E-state index contributed by atoms with van der Waals surface area (Å²) in [6.45, 7) is 1.59. The van der Waals surface area contributed by atoms with Crippen molar-refractivity contribution in [1.82, 2.24) is 0 Å². The molecule has 0 aliphatic carbocycles. The number of rotatable bonds is 4. The van der Waals surface area contributed by atoms with Gasteiger partial charge in [-0.05, 0) is 25.1 Å². The molecule has 1 heterocycles. The van der Waals surface area contributed by atoms with Crippen LogP contribution in [-0.4, -0.2) is 15.3 Å². The quantitative estimate of drug-likeness (QED) is 0.936. The van der Waals surface area contributed by atoms with Gasteiger partial charge in [0.25, 0.3) is 0 Å². The summed E-state index contributed by atoms with van der Waals surface area (Å²) in [4.78, 5) is 10.9. The number of aromatic carboxylic acids is 1. The van der Waals surface area contributed by atoms with Crippen LogP contribution in [0.1, 0.15) is 21.9 Å². The molecule has 100 valence electrons. The molecule has 0 bridgehead atoms. The molecular weight excluding hydrogens is 271 g/mol. The van der Waals surface area contributed by atoms with Gasteiger partial charge in [-0.25, -0.2) is 9.18 Å². The molecule has 4 nitrogen and oxygen atoms in total. The van der Waals surface area contributed by atoms with Crippen LogP contribution in [0.5, 0.6) is 0 Å². The van der Waals surface area contributed by atoms with Crippen molar-refractivity contribution in [3.63, 3.8) is 0 Å². The summed E-state index contributed by atoms with van der Waals surface area (Å²) in [6, 6.07) is 7.26. The molecular formula is C13H11FO4S. The number of aryl methyl sites for hydroxylation is 1. The Morgan fingerprint density at radius 3 is 2.68 bits per heavy atom. The van der Waals surface area contributed by atoms with Crippen molar-refractivity contribution in [2.75, 3.05) is 0 Å². The lowest BCUT2D eigenvalue weighted by Gasteiger charge is -2.01. The van der Waals surface area contributed by atoms with Crippen molar-refractivity contribution in [3.8, 4) is 0 Å². The molecule has 1 aromatic heterocycles. The van der Waals surface area contributed by atoms with Gasteiger partial charge in [0.15, 0.2) is 0 Å². The molecule has 2 rings (SSSR count). The van der Waals surface area contributed by atoms with Crippen LogP contribution in [-0.2, 0) is 16.6 Å². The number of carbonyl (C=O) groups is 1. The maximum absolute atomic E-state index is 13.4. The lowest BCUT2D eigenvalue weighted by atomic mass is 10.3. The summed E-state index contributed by atoms with van der Waals surface area (Å²) in [5.41, 5.74) is 0.452. The van der Waals surface area contributed by atoms with E-state index in [0.29, 0.717) is 5.56 Å². The molecule has 0 saturated heterocycles. The van der Waals surface area contributed by atoms with Gasteiger partial charge in [-0.3, -0.25) is 4.21 Å². The minimum atomic E-state index is -1.62. The van der Waals surface area contributed by atoms with E-state index in [-0.39, 0.29) is 22.2 Å². The first-order chi connectivity index (χ1) is 8.99. The SMILES string of the molecule is Cc1cc(CS(=O)c2ccccc2F)oc1C(=O)O. The Bertz CT molecular complexity index is 648. The zero-order chi connectivity index (χ0) is 14.0. The molecule has 1 aromatic carbocycles. The van der Waals surface area contributed by atoms with Crippen molar-refractivity contribution in [3.05, 3.63) is 53.2 Å². The number of hydrogen-bond donors (Lipinski definition) is 1. The van der Waals surface area contributed by atoms with Gasteiger partial charge in [-0.2, -0.15) is 0 Å². The van der Waals surface area contributed by atoms with Gasteiger partial charge in [-0.15, -0.1) is 0 Å². The third-order valence-corrected chi connectivity index (χ3v) is 3.89. The lowest BCUT2D eigenvalue weighted by molar-refractivity contribution is 0.0659. The molecule has 0 fully saturated rings. The van der Waals surface area contributed by atoms with Crippen LogP contribution in [0.25, 0.3) is 0 Å². The second kappa shape index (κ2) is 5.36. The Hall–Kier alpha value is -1.95. The van der Waals surface area contributed by atoms with Crippen LogP contribution < -0.4 is 0 Å². The van der Waals surface area contributed by atoms with Crippen LogP contribution in [0, 0.1) is 12.7 Å². The van der Waals surface area contributed by atoms with E-state index in [1.54, 1.807) is 13.0 Å². The van der Waals surface area contributed by atoms with Crippen LogP contribution in [0.4, 0.5) is 4.39 Å². The average Bonchev–Trinajstić information content (AvgIpc) is 2.70. The van der Waals surface area contributed by atoms with Crippen LogP contribution in [0.2, 0.25) is 0 Å². The van der Waals surface area contributed by atoms with Crippen molar-refractivity contribution in [2.45, 2.75) is 17.6 Å². The molecule has 19 heavy (non-hydrogen) atoms. The third-order valence-electron chi connectivity index (χ3n) is 2.52. The normalized spacial score (nSPS) is 12.3. The van der Waals surface area contributed by atoms with Gasteiger partial charge in [-0.1, -0.05) is 12.1 Å². The van der Waals surface area contributed by atoms with Gasteiger partial charge in [0.1, 0.15) is 11.6 Å². The average molecular weight is 282 g/mol. The van der Waals surface area contributed by atoms with Gasteiger partial charge in [0, 0.05) is 5.56 Å². The fraction of sp³-hybridized carbons (Fsp3) is 0.154. The molecule has 0 aliphatic rings. The summed E-state index contributed by atoms with van der Waals surface area (Å²) < 4.78 is 30.5. The highest BCUT2D eigenvalue weighted by Crippen LogP contribution is 2.20. The summed E-state index contributed by atoms with van der Waals surface area (Å²) >= 11 is 0. The second-order valence-corrected chi connectivity index (χ2v) is 5.37. The molecule has 1 atom stereocenters. The van der Waals surface area contributed by atoms with Crippen LogP contribution in [0.15, 0.2) is 39.6 Å². The van der Waals surface area contributed by atoms with E-state index in [1.165, 1.54) is 24.3 Å². The molecule has 0 saturated carbocycles. The summed E-state index contributed by atoms with van der Waals surface area (Å²) in [5.74, 6) is -1.71. The third kappa shape index (κ3) is 2.90. The zero-order valence-corrected chi connectivity index (χ0v) is 10.9. The van der Waals surface area contributed by atoms with Crippen molar-refractivity contribution < 1.29 is 22.9 Å². The Kier molecular flexibility index (Phi) is 3.80. The highest BCUT2D eigenvalue weighted by atomic mass is 32.2. The zero-order valence-electron chi connectivity index (χ0n) is 10.1. The Morgan fingerprint density at radius 1 is 1.42 bits per heavy atom. The predicted octanol–water partition coefficient (Wildman–Crippen LogP) is 2.73. The molecule has 1 unspecified atom stereocenters. The maximum atomic E-state index is 13.4. The number of halogens is 1. The molecule has 0 radical (unpaired) electrons. The number of benzene rings is 1. The van der Waals surface area contributed by atoms with E-state index in [9.17, 15) is 13.4 Å². The first-order valence-corrected chi connectivity index (χ1v) is 6.76. The summed E-state index contributed by atoms with van der Waals surface area (Å²) in [7, 11) is -1.62. The minimum Gasteiger partial charge on any atom is -0.475 e. The van der Waals surface area contributed by atoms with E-state index in [1.807, 2.05) is 0 Å². The van der Waals surface area contributed by atoms with Gasteiger partial charge in [0.2, 0.25) is 5.76 Å². The van der Waals surface area contributed by atoms with E-state index < -0.39 is 22.6 Å². The molecule has 0 amide bonds. The number of carboxylic acid groups (broad SMARTS) is 1. The molecule has 6 heteroatoms. The Balaban J connectivity index is 2.22. The largest absolute Gasteiger partial charge is 0.475 e. The molecule has 2 aromatic rings. The fourth-order valence-corrected chi connectivity index (χ4v) is 2.74. The van der Waals surface area contributed by atoms with Crippen molar-refractivity contribution >= 4 is 16.8 Å². The lowest BCUT2D eigenvalue weighted by Crippen LogP contribution is -1.98. The van der Waals surface area contributed by atoms with E-state index in [2.05, 4.69) is 0 Å². The first-order valence-electron chi connectivity index (χ1n) is 5.44. The van der Waals surface area contributed by atoms with Gasteiger partial charge < -0.3 is 9.52 Å². The van der Waals surface area contributed by atoms with Crippen LogP contribution >= 0.6 is 0 Å². The number of hydrogen-bond acceptors (Lipinski definition) is 3. The smallest absolute Gasteiger partial charge is 0.372 e. The molecule has 0 spiro atoms. The number of furan rings is 1. The summed E-state index contributed by atoms with van der Waals surface area (Å²) in [5, 5.41) is 8.84. The van der Waals surface area contributed by atoms with Crippen molar-refractivity contribution in [1.29, 1.82) is 0 Å². The number of carboxylic acids is 1. The molecule has 1 N–H and O–H groups in total. The second-order valence-electron chi connectivity index (χ2n) is 3.95. The minimum absolute atomic E-state index is 0.0605. The summed E-state index contributed by atoms with van der Waals surface area (Å²) in [6.07, 6.45) is 0. The van der Waals surface area contributed by atoms with E-state index in [0.717, 1.165) is 0 Å². The Labute approximate surface area is 111 Å². The highest BCUT2D eigenvalue weighted by Gasteiger charge is 2.17. The first kappa shape index (κ1) is 13.5. The van der Waals surface area contributed by atoms with Crippen LogP contribution in [0.3, 0.4) is 0 Å². The van der Waals surface area contributed by atoms with E-state index >= 15 is 0 Å². The monoisotopic (exact) mass is 282 g/mol. The van der Waals surface area contributed by atoms with E-state index in [4.69, 9.17) is 9.52 Å². The van der Waals surface area contributed by atoms with Crippen molar-refractivity contribution in [2.24, 2.45) is 0 Å². The Morgan fingerprint density at radius 2 is 2.11 bits per heavy atom. The maximum Gasteiger partial charge on any atom is 0.372 e. The standard InChI is InChI=1S/C13H11FO4S/c1-8-6-9(18-12(8)13(15)16)7-19(17)11-5-3-2-4-10(11)14/h2-6H,7H2,1H3,(H,15,16). The fourth-order valence-electron chi connectivity index (χ4n) is 1.67. The van der Waals surface area contributed by atoms with Gasteiger partial charge >= 0.3 is 5.97 Å². The topological polar surface area (TPSA) is 67.5 Å². The predicted molar refractivity (Wildman–Crippen MR) is 66.9 cm³/mol. The molecule has 0 aliphatic heterocycles.